The van der Waals surface area contributed by atoms with Crippen LogP contribution in [0.1, 0.15) is 31.2 Å². The average molecular weight is 288 g/mol. The average Bonchev–Trinajstić information content (AvgIpc) is 3.03. The van der Waals surface area contributed by atoms with Crippen LogP contribution in [0.3, 0.4) is 0 Å². The largest absolute Gasteiger partial charge is 0.497 e. The van der Waals surface area contributed by atoms with Gasteiger partial charge in [0.05, 0.1) is 7.11 Å². The van der Waals surface area contributed by atoms with E-state index in [1.807, 2.05) is 0 Å². The Morgan fingerprint density at radius 2 is 1.90 bits per heavy atom. The molecule has 0 bridgehead atoms. The summed E-state index contributed by atoms with van der Waals surface area (Å²) in [5, 5.41) is 3.49. The van der Waals surface area contributed by atoms with Gasteiger partial charge in [-0.05, 0) is 75.4 Å². The summed E-state index contributed by atoms with van der Waals surface area (Å²) in [6.07, 6.45) is 6.68. The highest BCUT2D eigenvalue weighted by Crippen LogP contribution is 2.29. The molecule has 1 aromatic rings. The number of methoxy groups -OCH3 is 1. The van der Waals surface area contributed by atoms with Crippen LogP contribution in [0.5, 0.6) is 5.75 Å². The highest BCUT2D eigenvalue weighted by molar-refractivity contribution is 5.27. The molecular formula is C18H28N2O. The fourth-order valence-corrected chi connectivity index (χ4v) is 3.96. The number of nitrogens with zero attached hydrogens (tertiary/aromatic N) is 1. The number of likely N-dealkylation sites (tertiary alicyclic amines) is 1. The van der Waals surface area contributed by atoms with Crippen molar-refractivity contribution in [3.8, 4) is 5.75 Å². The Morgan fingerprint density at radius 3 is 2.62 bits per heavy atom. The highest BCUT2D eigenvalue weighted by Gasteiger charge is 2.31. The number of benzene rings is 1. The molecule has 2 fully saturated rings. The van der Waals surface area contributed by atoms with Gasteiger partial charge >= 0.3 is 0 Å². The molecule has 116 valence electrons. The molecular weight excluding hydrogens is 260 g/mol. The van der Waals surface area contributed by atoms with Gasteiger partial charge in [0.2, 0.25) is 0 Å². The summed E-state index contributed by atoms with van der Waals surface area (Å²) in [6, 6.07) is 9.39. The Kier molecular flexibility index (Phi) is 5.15. The molecule has 0 aliphatic carbocycles. The first kappa shape index (κ1) is 14.9. The van der Waals surface area contributed by atoms with E-state index in [1.54, 1.807) is 7.11 Å². The quantitative estimate of drug-likeness (QED) is 0.901. The number of rotatable bonds is 5. The summed E-state index contributed by atoms with van der Waals surface area (Å²) in [5.41, 5.74) is 1.42. The molecule has 1 aromatic carbocycles. The van der Waals surface area contributed by atoms with E-state index in [-0.39, 0.29) is 0 Å². The van der Waals surface area contributed by atoms with Crippen molar-refractivity contribution < 1.29 is 4.74 Å². The van der Waals surface area contributed by atoms with Gasteiger partial charge in [-0.25, -0.2) is 0 Å². The number of hydrogen-bond acceptors (Lipinski definition) is 3. The standard InChI is InChI=1S/C18H28N2O/c1-21-17-6-4-15(5-7-17)10-14-20-13-2-3-18(20)16-8-11-19-12-9-16/h4-7,16,18-19H,2-3,8-14H2,1H3. The van der Waals surface area contributed by atoms with E-state index < -0.39 is 0 Å². The smallest absolute Gasteiger partial charge is 0.118 e. The SMILES string of the molecule is COc1ccc(CCN2CCCC2C2CCNCC2)cc1. The van der Waals surface area contributed by atoms with Crippen molar-refractivity contribution in [1.29, 1.82) is 0 Å². The first-order valence-electron chi connectivity index (χ1n) is 8.44. The predicted octanol–water partition coefficient (Wildman–Crippen LogP) is 2.70. The molecule has 21 heavy (non-hydrogen) atoms. The maximum absolute atomic E-state index is 5.23. The third-order valence-corrected chi connectivity index (χ3v) is 5.19. The van der Waals surface area contributed by atoms with Gasteiger partial charge in [0, 0.05) is 12.6 Å². The van der Waals surface area contributed by atoms with Gasteiger partial charge in [0.25, 0.3) is 0 Å². The zero-order valence-electron chi connectivity index (χ0n) is 13.2. The van der Waals surface area contributed by atoms with E-state index in [2.05, 4.69) is 34.5 Å². The maximum atomic E-state index is 5.23. The van der Waals surface area contributed by atoms with Crippen LogP contribution < -0.4 is 10.1 Å². The van der Waals surface area contributed by atoms with E-state index in [1.165, 1.54) is 57.4 Å². The molecule has 2 aliphatic rings. The van der Waals surface area contributed by atoms with Gasteiger partial charge in [0.1, 0.15) is 5.75 Å². The zero-order valence-corrected chi connectivity index (χ0v) is 13.2. The number of nitrogens with one attached hydrogen (secondary N) is 1. The third kappa shape index (κ3) is 3.78. The second kappa shape index (κ2) is 7.28. The summed E-state index contributed by atoms with van der Waals surface area (Å²) >= 11 is 0. The summed E-state index contributed by atoms with van der Waals surface area (Å²) in [6.45, 7) is 4.94. The van der Waals surface area contributed by atoms with Gasteiger partial charge in [-0.2, -0.15) is 0 Å². The van der Waals surface area contributed by atoms with Gasteiger partial charge in [-0.3, -0.25) is 4.90 Å². The van der Waals surface area contributed by atoms with Crippen LogP contribution in [0.4, 0.5) is 0 Å². The monoisotopic (exact) mass is 288 g/mol. The fraction of sp³-hybridized carbons (Fsp3) is 0.667. The Hall–Kier alpha value is -1.06. The molecule has 3 rings (SSSR count). The van der Waals surface area contributed by atoms with Crippen LogP contribution >= 0.6 is 0 Å². The number of piperidine rings is 1. The van der Waals surface area contributed by atoms with Gasteiger partial charge in [0.15, 0.2) is 0 Å². The van der Waals surface area contributed by atoms with E-state index in [0.717, 1.165) is 24.1 Å². The molecule has 0 radical (unpaired) electrons. The molecule has 0 spiro atoms. The van der Waals surface area contributed by atoms with E-state index in [0.29, 0.717) is 0 Å². The van der Waals surface area contributed by atoms with Crippen LogP contribution in [0.15, 0.2) is 24.3 Å². The minimum absolute atomic E-state index is 0.838. The number of hydrogen-bond donors (Lipinski definition) is 1. The molecule has 3 heteroatoms. The fourth-order valence-electron chi connectivity index (χ4n) is 3.96. The van der Waals surface area contributed by atoms with Crippen LogP contribution in [0, 0.1) is 5.92 Å². The molecule has 3 nitrogen and oxygen atoms in total. The van der Waals surface area contributed by atoms with Crippen molar-refractivity contribution >= 4 is 0 Å². The zero-order chi connectivity index (χ0) is 14.5. The number of ether oxygens (including phenoxy) is 1. The Bertz CT molecular complexity index is 425. The highest BCUT2D eigenvalue weighted by atomic mass is 16.5. The Labute approximate surface area is 128 Å². The van der Waals surface area contributed by atoms with Crippen LogP contribution in [0.2, 0.25) is 0 Å². The predicted molar refractivity (Wildman–Crippen MR) is 86.9 cm³/mol. The first-order valence-corrected chi connectivity index (χ1v) is 8.44. The molecule has 0 aromatic heterocycles. The Morgan fingerprint density at radius 1 is 1.14 bits per heavy atom. The van der Waals surface area contributed by atoms with Crippen LogP contribution in [-0.2, 0) is 6.42 Å². The lowest BCUT2D eigenvalue weighted by molar-refractivity contribution is 0.164. The topological polar surface area (TPSA) is 24.5 Å². The van der Waals surface area contributed by atoms with Crippen molar-refractivity contribution in [1.82, 2.24) is 10.2 Å². The Balaban J connectivity index is 1.53. The van der Waals surface area contributed by atoms with Crippen molar-refractivity contribution in [2.75, 3.05) is 33.3 Å². The minimum Gasteiger partial charge on any atom is -0.497 e. The lowest BCUT2D eigenvalue weighted by atomic mass is 9.88. The summed E-state index contributed by atoms with van der Waals surface area (Å²) in [7, 11) is 1.73. The molecule has 1 N–H and O–H groups in total. The second-order valence-electron chi connectivity index (χ2n) is 6.43. The summed E-state index contributed by atoms with van der Waals surface area (Å²) in [4.78, 5) is 2.75. The molecule has 2 aliphatic heterocycles. The van der Waals surface area contributed by atoms with Crippen LogP contribution in [-0.4, -0.2) is 44.2 Å². The van der Waals surface area contributed by atoms with E-state index in [9.17, 15) is 0 Å². The second-order valence-corrected chi connectivity index (χ2v) is 6.43. The van der Waals surface area contributed by atoms with Crippen molar-refractivity contribution in [2.45, 2.75) is 38.1 Å². The molecule has 0 amide bonds. The van der Waals surface area contributed by atoms with Gasteiger partial charge < -0.3 is 10.1 Å². The minimum atomic E-state index is 0.838. The van der Waals surface area contributed by atoms with Crippen LogP contribution in [0.25, 0.3) is 0 Å². The molecule has 2 heterocycles. The third-order valence-electron chi connectivity index (χ3n) is 5.19. The summed E-state index contributed by atoms with van der Waals surface area (Å²) in [5.74, 6) is 1.87. The van der Waals surface area contributed by atoms with Crippen molar-refractivity contribution in [2.24, 2.45) is 5.92 Å². The lowest BCUT2D eigenvalue weighted by Gasteiger charge is -2.34. The molecule has 2 saturated heterocycles. The molecule has 1 atom stereocenters. The molecule has 1 unspecified atom stereocenters. The van der Waals surface area contributed by atoms with Crippen molar-refractivity contribution in [3.05, 3.63) is 29.8 Å². The van der Waals surface area contributed by atoms with Gasteiger partial charge in [-0.1, -0.05) is 12.1 Å². The van der Waals surface area contributed by atoms with E-state index in [4.69, 9.17) is 4.74 Å². The first-order chi connectivity index (χ1) is 10.4. The van der Waals surface area contributed by atoms with Crippen molar-refractivity contribution in [3.63, 3.8) is 0 Å². The van der Waals surface area contributed by atoms with E-state index >= 15 is 0 Å². The maximum Gasteiger partial charge on any atom is 0.118 e. The molecule has 0 saturated carbocycles. The summed E-state index contributed by atoms with van der Waals surface area (Å²) < 4.78 is 5.23. The normalized spacial score (nSPS) is 24.3. The lowest BCUT2D eigenvalue weighted by Crippen LogP contribution is -2.41. The van der Waals surface area contributed by atoms with Gasteiger partial charge in [-0.15, -0.1) is 0 Å².